The third-order valence-corrected chi connectivity index (χ3v) is 9.53. The fourth-order valence-corrected chi connectivity index (χ4v) is 7.34. The van der Waals surface area contributed by atoms with Crippen LogP contribution in [-0.4, -0.2) is 26.7 Å². The van der Waals surface area contributed by atoms with Crippen molar-refractivity contribution >= 4 is 50.7 Å². The lowest BCUT2D eigenvalue weighted by molar-refractivity contribution is -0.127. The molecule has 1 aromatic carbocycles. The van der Waals surface area contributed by atoms with Crippen molar-refractivity contribution in [3.05, 3.63) is 82.8 Å². The number of nitrogens with zero attached hydrogens (tertiary/aromatic N) is 3. The number of benzene rings is 1. The molecule has 3 aromatic heterocycles. The Morgan fingerprint density at radius 3 is 2.79 bits per heavy atom. The second-order valence-corrected chi connectivity index (χ2v) is 11.5. The summed E-state index contributed by atoms with van der Waals surface area (Å²) in [6.07, 6.45) is 4.09. The van der Waals surface area contributed by atoms with Gasteiger partial charge >= 0.3 is 0 Å². The Kier molecular flexibility index (Phi) is 5.75. The summed E-state index contributed by atoms with van der Waals surface area (Å²) in [6.45, 7) is 7.55. The van der Waals surface area contributed by atoms with Crippen LogP contribution in [0.3, 0.4) is 0 Å². The maximum absolute atomic E-state index is 14.2. The molecule has 7 nitrogen and oxygen atoms in total. The number of hydrogen-bond donors (Lipinski definition) is 1. The number of aliphatic hydroxyl groups excluding tert-OH is 1. The number of thiophene rings is 1. The molecular weight excluding hydrogens is 522 g/mol. The fourth-order valence-electron chi connectivity index (χ4n) is 6.02. The van der Waals surface area contributed by atoms with Gasteiger partial charge in [0.05, 0.1) is 22.1 Å². The minimum atomic E-state index is -1.09. The van der Waals surface area contributed by atoms with Crippen LogP contribution in [0.5, 0.6) is 0 Å². The zero-order valence-electron chi connectivity index (χ0n) is 21.2. The molecule has 0 spiro atoms. The molecule has 9 heteroatoms. The zero-order chi connectivity index (χ0) is 26.9. The number of carbonyl (C=O) groups excluding carboxylic acids is 2. The van der Waals surface area contributed by atoms with Crippen molar-refractivity contribution in [2.45, 2.75) is 32.8 Å². The Morgan fingerprint density at radius 1 is 1.29 bits per heavy atom. The summed E-state index contributed by atoms with van der Waals surface area (Å²) in [5.41, 5.74) is 1.48. The molecule has 194 valence electrons. The highest BCUT2D eigenvalue weighted by molar-refractivity contribution is 7.22. The monoisotopic (exact) mass is 547 g/mol. The number of amides is 2. The van der Waals surface area contributed by atoms with E-state index >= 15 is 0 Å². The number of imide groups is 1. The number of anilines is 1. The summed E-state index contributed by atoms with van der Waals surface area (Å²) >= 11 is 7.83. The summed E-state index contributed by atoms with van der Waals surface area (Å²) in [4.78, 5) is 30.3. The Hall–Kier alpha value is -3.46. The standard InChI is InChI=1S/C29H26ClN3O4S/c1-5-16-6-9-20-27(35)33(28(36)29(20,3)25(16)22-10-8-18(14-34)37-22)24-13-21(31-32(24)4)26-15(2)19-12-17(30)7-11-23(19)38-26/h5-8,10-13,20,25,34H,1,9,14H2,2-4H3. The molecule has 6 rings (SSSR count). The van der Waals surface area contributed by atoms with E-state index in [1.807, 2.05) is 44.2 Å². The van der Waals surface area contributed by atoms with E-state index in [0.717, 1.165) is 26.1 Å². The predicted molar refractivity (Wildman–Crippen MR) is 148 cm³/mol. The van der Waals surface area contributed by atoms with E-state index in [2.05, 4.69) is 6.58 Å². The number of halogens is 1. The summed E-state index contributed by atoms with van der Waals surface area (Å²) in [5.74, 6) is -0.290. The Bertz CT molecular complexity index is 1680. The summed E-state index contributed by atoms with van der Waals surface area (Å²) in [7, 11) is 1.74. The van der Waals surface area contributed by atoms with Crippen LogP contribution >= 0.6 is 22.9 Å². The van der Waals surface area contributed by atoms with Gasteiger partial charge in [0, 0.05) is 22.8 Å². The highest BCUT2D eigenvalue weighted by Crippen LogP contribution is 2.57. The lowest BCUT2D eigenvalue weighted by Gasteiger charge is -2.38. The number of allylic oxidation sites excluding steroid dienone is 3. The first-order valence-electron chi connectivity index (χ1n) is 12.3. The van der Waals surface area contributed by atoms with E-state index in [-0.39, 0.29) is 18.4 Å². The van der Waals surface area contributed by atoms with Crippen LogP contribution in [0.25, 0.3) is 20.7 Å². The number of rotatable bonds is 5. The van der Waals surface area contributed by atoms with Gasteiger partial charge in [0.1, 0.15) is 29.6 Å². The first kappa shape index (κ1) is 24.9. The summed E-state index contributed by atoms with van der Waals surface area (Å²) in [6, 6.07) is 11.1. The quantitative estimate of drug-likeness (QED) is 0.303. The molecular formula is C29H26ClN3O4S. The van der Waals surface area contributed by atoms with Gasteiger partial charge in [0.2, 0.25) is 11.8 Å². The second-order valence-electron chi connectivity index (χ2n) is 10.1. The lowest BCUT2D eigenvalue weighted by Crippen LogP contribution is -2.41. The number of aliphatic hydroxyl groups is 1. The van der Waals surface area contributed by atoms with Gasteiger partial charge < -0.3 is 9.52 Å². The van der Waals surface area contributed by atoms with Crippen LogP contribution in [0, 0.1) is 18.3 Å². The van der Waals surface area contributed by atoms with E-state index in [4.69, 9.17) is 21.1 Å². The average Bonchev–Trinajstić information content (AvgIpc) is 3.64. The molecule has 38 heavy (non-hydrogen) atoms. The highest BCUT2D eigenvalue weighted by Gasteiger charge is 2.63. The second kappa shape index (κ2) is 8.80. The maximum atomic E-state index is 14.2. The Morgan fingerprint density at radius 2 is 2.08 bits per heavy atom. The van der Waals surface area contributed by atoms with Crippen LogP contribution in [0.1, 0.15) is 36.3 Å². The molecule has 4 heterocycles. The molecule has 1 fully saturated rings. The maximum Gasteiger partial charge on any atom is 0.242 e. The summed E-state index contributed by atoms with van der Waals surface area (Å²) in [5, 5.41) is 16.0. The van der Waals surface area contributed by atoms with Crippen molar-refractivity contribution in [3.8, 4) is 10.6 Å². The molecule has 0 bridgehead atoms. The first-order valence-corrected chi connectivity index (χ1v) is 13.5. The SMILES string of the molecule is C=CC1=CCC2C(=O)N(c3cc(-c4sc5ccc(Cl)cc5c4C)nn3C)C(=O)C2(C)C1c1ccc(CO)o1. The fraction of sp³-hybridized carbons (Fsp3) is 0.276. The van der Waals surface area contributed by atoms with Crippen molar-refractivity contribution in [2.24, 2.45) is 18.4 Å². The molecule has 2 aliphatic rings. The van der Waals surface area contributed by atoms with Crippen LogP contribution in [0.15, 0.2) is 65.1 Å². The molecule has 1 N–H and O–H groups in total. The van der Waals surface area contributed by atoms with Crippen molar-refractivity contribution in [3.63, 3.8) is 0 Å². The smallest absolute Gasteiger partial charge is 0.242 e. The van der Waals surface area contributed by atoms with Crippen molar-refractivity contribution in [1.29, 1.82) is 0 Å². The minimum absolute atomic E-state index is 0.250. The van der Waals surface area contributed by atoms with E-state index in [1.54, 1.807) is 41.3 Å². The van der Waals surface area contributed by atoms with Gasteiger partial charge in [-0.2, -0.15) is 5.10 Å². The molecule has 2 amide bonds. The normalized spacial score (nSPS) is 23.3. The predicted octanol–water partition coefficient (Wildman–Crippen LogP) is 6.14. The topological polar surface area (TPSA) is 88.6 Å². The molecule has 1 aliphatic carbocycles. The van der Waals surface area contributed by atoms with Crippen LogP contribution in [0.2, 0.25) is 5.02 Å². The number of aryl methyl sites for hydroxylation is 2. The minimum Gasteiger partial charge on any atom is -0.463 e. The molecule has 4 aromatic rings. The number of furan rings is 1. The number of fused-ring (bicyclic) bond motifs is 2. The molecule has 1 aliphatic heterocycles. The zero-order valence-corrected chi connectivity index (χ0v) is 22.8. The van der Waals surface area contributed by atoms with Crippen molar-refractivity contribution in [2.75, 3.05) is 4.90 Å². The lowest BCUT2D eigenvalue weighted by atomic mass is 9.61. The molecule has 1 saturated heterocycles. The van der Waals surface area contributed by atoms with E-state index in [0.29, 0.717) is 34.5 Å². The van der Waals surface area contributed by atoms with Crippen molar-refractivity contribution < 1.29 is 19.1 Å². The van der Waals surface area contributed by atoms with Gasteiger partial charge in [-0.05, 0) is 67.1 Å². The first-order chi connectivity index (χ1) is 18.2. The van der Waals surface area contributed by atoms with E-state index in [1.165, 1.54) is 4.90 Å². The van der Waals surface area contributed by atoms with E-state index < -0.39 is 17.3 Å². The van der Waals surface area contributed by atoms with Gasteiger partial charge in [-0.25, -0.2) is 4.90 Å². The van der Waals surface area contributed by atoms with Crippen LogP contribution < -0.4 is 4.90 Å². The number of carbonyl (C=O) groups is 2. The largest absolute Gasteiger partial charge is 0.463 e. The number of hydrogen-bond acceptors (Lipinski definition) is 6. The van der Waals surface area contributed by atoms with Gasteiger partial charge in [0.25, 0.3) is 0 Å². The van der Waals surface area contributed by atoms with E-state index in [9.17, 15) is 14.7 Å². The Balaban J connectivity index is 1.44. The van der Waals surface area contributed by atoms with Crippen molar-refractivity contribution in [1.82, 2.24) is 9.78 Å². The molecule has 0 radical (unpaired) electrons. The third kappa shape index (κ3) is 3.40. The molecule has 3 unspecified atom stereocenters. The van der Waals surface area contributed by atoms with Gasteiger partial charge in [-0.15, -0.1) is 11.3 Å². The molecule has 3 atom stereocenters. The third-order valence-electron chi connectivity index (χ3n) is 8.00. The van der Waals surface area contributed by atoms with Crippen LogP contribution in [-0.2, 0) is 23.2 Å². The summed E-state index contributed by atoms with van der Waals surface area (Å²) < 4.78 is 8.58. The highest BCUT2D eigenvalue weighted by atomic mass is 35.5. The Labute approximate surface area is 228 Å². The number of aromatic nitrogens is 2. The molecule has 0 saturated carbocycles. The van der Waals surface area contributed by atoms with Gasteiger partial charge in [-0.3, -0.25) is 14.3 Å². The van der Waals surface area contributed by atoms with Gasteiger partial charge in [0.15, 0.2) is 0 Å². The average molecular weight is 548 g/mol. The van der Waals surface area contributed by atoms with Gasteiger partial charge in [-0.1, -0.05) is 30.3 Å². The van der Waals surface area contributed by atoms with Crippen LogP contribution in [0.4, 0.5) is 5.82 Å².